The van der Waals surface area contributed by atoms with Gasteiger partial charge in [0, 0.05) is 31.8 Å². The van der Waals surface area contributed by atoms with Crippen LogP contribution in [0.3, 0.4) is 0 Å². The molecule has 1 saturated heterocycles. The van der Waals surface area contributed by atoms with Crippen molar-refractivity contribution in [2.75, 3.05) is 33.3 Å². The van der Waals surface area contributed by atoms with Gasteiger partial charge < -0.3 is 15.0 Å². The van der Waals surface area contributed by atoms with Gasteiger partial charge in [0.25, 0.3) is 0 Å². The minimum Gasteiger partial charge on any atom is -0.377 e. The second-order valence-corrected chi connectivity index (χ2v) is 8.35. The molecule has 1 heterocycles. The zero-order valence-electron chi connectivity index (χ0n) is 15.3. The van der Waals surface area contributed by atoms with Gasteiger partial charge in [0.05, 0.1) is 6.10 Å². The van der Waals surface area contributed by atoms with E-state index in [0.717, 1.165) is 26.2 Å². The standard InChI is InChI=1S/C18H38N2O/c1-7-11-18(5,14-19-17(2,3)4)15-20(6)13-16-10-8-9-12-21-16/h16,19H,7-15H2,1-6H3. The number of nitrogens with one attached hydrogen (secondary N) is 1. The molecule has 0 aromatic rings. The molecular weight excluding hydrogens is 260 g/mol. The SMILES string of the molecule is CCCC(C)(CNC(C)(C)C)CN(C)CC1CCCCO1. The van der Waals surface area contributed by atoms with Crippen LogP contribution in [0, 0.1) is 5.41 Å². The first-order valence-electron chi connectivity index (χ1n) is 8.79. The van der Waals surface area contributed by atoms with E-state index < -0.39 is 0 Å². The van der Waals surface area contributed by atoms with Crippen LogP contribution in [-0.4, -0.2) is 49.8 Å². The first kappa shape index (κ1) is 18.9. The monoisotopic (exact) mass is 298 g/mol. The Labute approximate surface area is 132 Å². The summed E-state index contributed by atoms with van der Waals surface area (Å²) in [6, 6.07) is 0. The maximum absolute atomic E-state index is 5.88. The van der Waals surface area contributed by atoms with Crippen LogP contribution in [0.4, 0.5) is 0 Å². The maximum Gasteiger partial charge on any atom is 0.0701 e. The highest BCUT2D eigenvalue weighted by Crippen LogP contribution is 2.25. The molecule has 21 heavy (non-hydrogen) atoms. The van der Waals surface area contributed by atoms with E-state index in [0.29, 0.717) is 11.5 Å². The van der Waals surface area contributed by atoms with Gasteiger partial charge in [-0.2, -0.15) is 0 Å². The lowest BCUT2D eigenvalue weighted by Gasteiger charge is -2.38. The Morgan fingerprint density at radius 1 is 1.19 bits per heavy atom. The van der Waals surface area contributed by atoms with Crippen LogP contribution >= 0.6 is 0 Å². The van der Waals surface area contributed by atoms with Crippen molar-refractivity contribution in [3.8, 4) is 0 Å². The summed E-state index contributed by atoms with van der Waals surface area (Å²) >= 11 is 0. The second kappa shape index (κ2) is 8.50. The van der Waals surface area contributed by atoms with Crippen LogP contribution in [0.25, 0.3) is 0 Å². The Hall–Kier alpha value is -0.120. The smallest absolute Gasteiger partial charge is 0.0701 e. The molecule has 1 rings (SSSR count). The molecule has 2 atom stereocenters. The van der Waals surface area contributed by atoms with Gasteiger partial charge in [-0.15, -0.1) is 0 Å². The highest BCUT2D eigenvalue weighted by molar-refractivity contribution is 4.84. The second-order valence-electron chi connectivity index (χ2n) is 8.35. The topological polar surface area (TPSA) is 24.5 Å². The molecule has 0 aromatic carbocycles. The average Bonchev–Trinajstić information content (AvgIpc) is 2.37. The molecule has 0 spiro atoms. The summed E-state index contributed by atoms with van der Waals surface area (Å²) in [6.07, 6.45) is 6.77. The molecule has 3 nitrogen and oxygen atoms in total. The first-order valence-corrected chi connectivity index (χ1v) is 8.79. The maximum atomic E-state index is 5.88. The summed E-state index contributed by atoms with van der Waals surface area (Å²) in [6.45, 7) is 15.7. The molecule has 126 valence electrons. The van der Waals surface area contributed by atoms with Gasteiger partial charge in [0.1, 0.15) is 0 Å². The molecule has 0 radical (unpaired) electrons. The highest BCUT2D eigenvalue weighted by atomic mass is 16.5. The van der Waals surface area contributed by atoms with Crippen LogP contribution in [0.15, 0.2) is 0 Å². The van der Waals surface area contributed by atoms with E-state index in [1.165, 1.54) is 32.1 Å². The Bertz CT molecular complexity index is 281. The largest absolute Gasteiger partial charge is 0.377 e. The van der Waals surface area contributed by atoms with Gasteiger partial charge in [0.2, 0.25) is 0 Å². The summed E-state index contributed by atoms with van der Waals surface area (Å²) in [5.74, 6) is 0. The Morgan fingerprint density at radius 2 is 1.90 bits per heavy atom. The zero-order chi connectivity index (χ0) is 15.9. The van der Waals surface area contributed by atoms with Crippen LogP contribution in [0.1, 0.15) is 66.7 Å². The number of likely N-dealkylation sites (N-methyl/N-ethyl adjacent to an activating group) is 1. The van der Waals surface area contributed by atoms with Gasteiger partial charge in [-0.05, 0) is 58.9 Å². The van der Waals surface area contributed by atoms with E-state index in [2.05, 4.69) is 51.9 Å². The molecule has 1 aliphatic rings. The summed E-state index contributed by atoms with van der Waals surface area (Å²) in [7, 11) is 2.25. The van der Waals surface area contributed by atoms with Crippen molar-refractivity contribution in [2.24, 2.45) is 5.41 Å². The first-order chi connectivity index (χ1) is 9.74. The lowest BCUT2D eigenvalue weighted by atomic mass is 9.84. The third kappa shape index (κ3) is 8.18. The van der Waals surface area contributed by atoms with Gasteiger partial charge in [-0.1, -0.05) is 20.3 Å². The third-order valence-corrected chi connectivity index (χ3v) is 4.34. The number of rotatable bonds is 8. The van der Waals surface area contributed by atoms with Crippen molar-refractivity contribution < 1.29 is 4.74 Å². The predicted molar refractivity (Wildman–Crippen MR) is 91.9 cm³/mol. The van der Waals surface area contributed by atoms with E-state index in [4.69, 9.17) is 4.74 Å². The van der Waals surface area contributed by atoms with Crippen LogP contribution in [0.2, 0.25) is 0 Å². The molecule has 0 saturated carbocycles. The molecule has 0 bridgehead atoms. The Morgan fingerprint density at radius 3 is 2.43 bits per heavy atom. The van der Waals surface area contributed by atoms with Crippen LogP contribution in [-0.2, 0) is 4.74 Å². The van der Waals surface area contributed by atoms with Crippen LogP contribution in [0.5, 0.6) is 0 Å². The van der Waals surface area contributed by atoms with Crippen molar-refractivity contribution in [3.05, 3.63) is 0 Å². The van der Waals surface area contributed by atoms with E-state index in [1.54, 1.807) is 0 Å². The summed E-state index contributed by atoms with van der Waals surface area (Å²) in [5.41, 5.74) is 0.533. The van der Waals surface area contributed by atoms with Gasteiger partial charge in [-0.3, -0.25) is 0 Å². The predicted octanol–water partition coefficient (Wildman–Crippen LogP) is 3.68. The molecule has 1 N–H and O–H groups in total. The van der Waals surface area contributed by atoms with Crippen molar-refractivity contribution >= 4 is 0 Å². The Balaban J connectivity index is 2.46. The Kier molecular flexibility index (Phi) is 7.66. The third-order valence-electron chi connectivity index (χ3n) is 4.34. The number of nitrogens with zero attached hydrogens (tertiary/aromatic N) is 1. The van der Waals surface area contributed by atoms with Crippen molar-refractivity contribution in [1.82, 2.24) is 10.2 Å². The van der Waals surface area contributed by atoms with E-state index in [1.807, 2.05) is 0 Å². The van der Waals surface area contributed by atoms with E-state index in [-0.39, 0.29) is 5.54 Å². The quantitative estimate of drug-likeness (QED) is 0.740. The fraction of sp³-hybridized carbons (Fsp3) is 1.00. The molecule has 3 heteroatoms. The molecule has 0 amide bonds. The minimum absolute atomic E-state index is 0.194. The van der Waals surface area contributed by atoms with E-state index >= 15 is 0 Å². The number of hydrogen-bond donors (Lipinski definition) is 1. The highest BCUT2D eigenvalue weighted by Gasteiger charge is 2.28. The molecule has 0 aliphatic carbocycles. The van der Waals surface area contributed by atoms with Gasteiger partial charge in [-0.25, -0.2) is 0 Å². The van der Waals surface area contributed by atoms with Crippen molar-refractivity contribution in [1.29, 1.82) is 0 Å². The lowest BCUT2D eigenvalue weighted by molar-refractivity contribution is -0.00775. The summed E-state index contributed by atoms with van der Waals surface area (Å²) in [4.78, 5) is 2.48. The van der Waals surface area contributed by atoms with Gasteiger partial charge >= 0.3 is 0 Å². The van der Waals surface area contributed by atoms with Crippen molar-refractivity contribution in [2.45, 2.75) is 78.4 Å². The van der Waals surface area contributed by atoms with Gasteiger partial charge in [0.15, 0.2) is 0 Å². The molecular formula is C18H38N2O. The summed E-state index contributed by atoms with van der Waals surface area (Å²) < 4.78 is 5.88. The van der Waals surface area contributed by atoms with Crippen molar-refractivity contribution in [3.63, 3.8) is 0 Å². The lowest BCUT2D eigenvalue weighted by Crippen LogP contribution is -2.48. The van der Waals surface area contributed by atoms with Crippen LogP contribution < -0.4 is 5.32 Å². The fourth-order valence-electron chi connectivity index (χ4n) is 3.32. The molecule has 1 fully saturated rings. The molecule has 2 unspecified atom stereocenters. The zero-order valence-corrected chi connectivity index (χ0v) is 15.3. The number of hydrogen-bond acceptors (Lipinski definition) is 3. The molecule has 1 aliphatic heterocycles. The normalized spacial score (nSPS) is 23.3. The summed E-state index contributed by atoms with van der Waals surface area (Å²) in [5, 5.41) is 3.70. The fourth-order valence-corrected chi connectivity index (χ4v) is 3.32. The van der Waals surface area contributed by atoms with E-state index in [9.17, 15) is 0 Å². The molecule has 0 aromatic heterocycles. The number of ether oxygens (including phenoxy) is 1. The minimum atomic E-state index is 0.194. The average molecular weight is 299 g/mol.